The van der Waals surface area contributed by atoms with E-state index in [1.54, 1.807) is 31.2 Å². The zero-order chi connectivity index (χ0) is 29.3. The van der Waals surface area contributed by atoms with E-state index in [2.05, 4.69) is 6.92 Å². The molecule has 0 aliphatic heterocycles. The van der Waals surface area contributed by atoms with E-state index < -0.39 is 18.0 Å². The number of rotatable bonds is 18. The van der Waals surface area contributed by atoms with Crippen LogP contribution in [0.25, 0.3) is 11.1 Å². The van der Waals surface area contributed by atoms with Crippen molar-refractivity contribution in [3.8, 4) is 22.6 Å². The summed E-state index contributed by atoms with van der Waals surface area (Å²) in [7, 11) is 0. The second kappa shape index (κ2) is 17.7. The Balaban J connectivity index is 1.39. The van der Waals surface area contributed by atoms with Gasteiger partial charge in [-0.2, -0.15) is 0 Å². The maximum absolute atomic E-state index is 12.3. The molecular formula is C33H40O8. The molecule has 0 N–H and O–H groups in total. The molecule has 0 saturated heterocycles. The lowest BCUT2D eigenvalue weighted by atomic mass is 10.1. The highest BCUT2D eigenvalue weighted by Gasteiger charge is 2.19. The number of ether oxygens (including phenoxy) is 6. The van der Waals surface area contributed by atoms with Crippen LogP contribution in [0.15, 0.2) is 72.8 Å². The van der Waals surface area contributed by atoms with Crippen molar-refractivity contribution < 1.29 is 38.0 Å². The van der Waals surface area contributed by atoms with Crippen molar-refractivity contribution in [2.45, 2.75) is 46.3 Å². The smallest absolute Gasteiger partial charge is 0.347 e. The fraction of sp³-hybridized carbons (Fsp3) is 0.394. The Morgan fingerprint density at radius 1 is 0.683 bits per heavy atom. The molecule has 1 unspecified atom stereocenters. The first-order valence-corrected chi connectivity index (χ1v) is 14.1. The molecule has 8 nitrogen and oxygen atoms in total. The molecule has 3 aromatic rings. The van der Waals surface area contributed by atoms with Crippen molar-refractivity contribution in [1.82, 2.24) is 0 Å². The van der Waals surface area contributed by atoms with Gasteiger partial charge in [0, 0.05) is 6.61 Å². The second-order valence-electron chi connectivity index (χ2n) is 9.26. The molecule has 41 heavy (non-hydrogen) atoms. The van der Waals surface area contributed by atoms with Gasteiger partial charge in [-0.15, -0.1) is 0 Å². The molecule has 3 rings (SSSR count). The predicted octanol–water partition coefficient (Wildman–Crippen LogP) is 6.25. The van der Waals surface area contributed by atoms with Crippen LogP contribution >= 0.6 is 0 Å². The zero-order valence-corrected chi connectivity index (χ0v) is 24.1. The van der Waals surface area contributed by atoms with Crippen LogP contribution < -0.4 is 9.47 Å². The molecule has 8 heteroatoms. The topological polar surface area (TPSA) is 89.5 Å². The minimum atomic E-state index is -0.962. The Bertz CT molecular complexity index is 1170. The van der Waals surface area contributed by atoms with Crippen molar-refractivity contribution in [2.24, 2.45) is 0 Å². The fourth-order valence-electron chi connectivity index (χ4n) is 3.71. The van der Waals surface area contributed by atoms with Crippen LogP contribution in [0.3, 0.4) is 0 Å². The summed E-state index contributed by atoms with van der Waals surface area (Å²) in [6.07, 6.45) is 1.25. The first kappa shape index (κ1) is 31.6. The maximum atomic E-state index is 12.3. The summed E-state index contributed by atoms with van der Waals surface area (Å²) in [6.45, 7) is 8.89. The number of hydrogen-bond donors (Lipinski definition) is 0. The lowest BCUT2D eigenvalue weighted by molar-refractivity contribution is -0.152. The van der Waals surface area contributed by atoms with Crippen LogP contribution in [0.2, 0.25) is 0 Å². The summed E-state index contributed by atoms with van der Waals surface area (Å²) in [5, 5.41) is 0. The van der Waals surface area contributed by atoms with Crippen molar-refractivity contribution in [3.63, 3.8) is 0 Å². The Labute approximate surface area is 242 Å². The maximum Gasteiger partial charge on any atom is 0.347 e. The van der Waals surface area contributed by atoms with Crippen LogP contribution in [0, 0.1) is 0 Å². The third-order valence-corrected chi connectivity index (χ3v) is 6.05. The summed E-state index contributed by atoms with van der Waals surface area (Å²) < 4.78 is 32.7. The number of carbonyl (C=O) groups is 2. The van der Waals surface area contributed by atoms with E-state index in [4.69, 9.17) is 28.4 Å². The number of esters is 2. The molecule has 0 heterocycles. The molecule has 0 amide bonds. The van der Waals surface area contributed by atoms with E-state index in [0.717, 1.165) is 47.6 Å². The number of benzene rings is 3. The second-order valence-corrected chi connectivity index (χ2v) is 9.26. The van der Waals surface area contributed by atoms with Crippen LogP contribution in [0.5, 0.6) is 11.5 Å². The standard InChI is InChI=1S/C33H40O8/c1-4-6-19-36-20-21-37-22-23-39-30-15-11-27(12-16-30)28-13-17-31(18-14-28)40-24-26-7-9-29(10-8-26)33(35)41-25(3)32(34)38-5-2/h7-18,25H,4-6,19-24H2,1-3H3. The Morgan fingerprint density at radius 2 is 1.24 bits per heavy atom. The summed E-state index contributed by atoms with van der Waals surface area (Å²) >= 11 is 0. The van der Waals surface area contributed by atoms with E-state index in [0.29, 0.717) is 38.6 Å². The molecule has 0 aromatic heterocycles. The van der Waals surface area contributed by atoms with E-state index in [-0.39, 0.29) is 6.61 Å². The van der Waals surface area contributed by atoms with Crippen LogP contribution in [0.1, 0.15) is 49.5 Å². The highest BCUT2D eigenvalue weighted by Crippen LogP contribution is 2.25. The lowest BCUT2D eigenvalue weighted by Gasteiger charge is -2.12. The average molecular weight is 565 g/mol. The van der Waals surface area contributed by atoms with Gasteiger partial charge in [0.25, 0.3) is 0 Å². The highest BCUT2D eigenvalue weighted by molar-refractivity contribution is 5.91. The monoisotopic (exact) mass is 564 g/mol. The average Bonchev–Trinajstić information content (AvgIpc) is 3.00. The Kier molecular flexibility index (Phi) is 13.7. The molecule has 0 radical (unpaired) electrons. The third-order valence-electron chi connectivity index (χ3n) is 6.05. The van der Waals surface area contributed by atoms with Gasteiger partial charge < -0.3 is 28.4 Å². The molecule has 0 aliphatic carbocycles. The van der Waals surface area contributed by atoms with E-state index in [1.807, 2.05) is 48.5 Å². The Morgan fingerprint density at radius 3 is 1.83 bits per heavy atom. The number of unbranched alkanes of at least 4 members (excludes halogenated alkanes) is 1. The van der Waals surface area contributed by atoms with Crippen LogP contribution in [-0.2, 0) is 30.3 Å². The molecule has 220 valence electrons. The predicted molar refractivity (Wildman–Crippen MR) is 156 cm³/mol. The van der Waals surface area contributed by atoms with Crippen molar-refractivity contribution >= 4 is 11.9 Å². The third kappa shape index (κ3) is 11.3. The van der Waals surface area contributed by atoms with Gasteiger partial charge in [0.1, 0.15) is 24.7 Å². The molecule has 0 fully saturated rings. The molecule has 0 saturated carbocycles. The molecule has 0 spiro atoms. The molecule has 0 bridgehead atoms. The minimum absolute atomic E-state index is 0.230. The van der Waals surface area contributed by atoms with Gasteiger partial charge in [0.15, 0.2) is 6.10 Å². The van der Waals surface area contributed by atoms with Gasteiger partial charge in [-0.05, 0) is 73.4 Å². The van der Waals surface area contributed by atoms with Crippen LogP contribution in [0.4, 0.5) is 0 Å². The zero-order valence-electron chi connectivity index (χ0n) is 24.1. The van der Waals surface area contributed by atoms with Crippen molar-refractivity contribution in [3.05, 3.63) is 83.9 Å². The number of hydrogen-bond acceptors (Lipinski definition) is 8. The first-order valence-electron chi connectivity index (χ1n) is 14.1. The number of carbonyl (C=O) groups excluding carboxylic acids is 2. The van der Waals surface area contributed by atoms with Crippen LogP contribution in [-0.4, -0.2) is 57.7 Å². The van der Waals surface area contributed by atoms with Gasteiger partial charge in [0.05, 0.1) is 32.0 Å². The summed E-state index contributed by atoms with van der Waals surface area (Å²) in [6, 6.07) is 22.7. The van der Waals surface area contributed by atoms with Crippen molar-refractivity contribution in [1.29, 1.82) is 0 Å². The normalized spacial score (nSPS) is 11.5. The lowest BCUT2D eigenvalue weighted by Crippen LogP contribution is -2.26. The van der Waals surface area contributed by atoms with Crippen molar-refractivity contribution in [2.75, 3.05) is 39.6 Å². The highest BCUT2D eigenvalue weighted by atomic mass is 16.6. The summed E-state index contributed by atoms with van der Waals surface area (Å²) in [5.74, 6) is 0.376. The van der Waals surface area contributed by atoms with E-state index in [9.17, 15) is 9.59 Å². The van der Waals surface area contributed by atoms with Gasteiger partial charge in [0.2, 0.25) is 0 Å². The Hall–Kier alpha value is -3.88. The fourth-order valence-corrected chi connectivity index (χ4v) is 3.71. The van der Waals surface area contributed by atoms with E-state index in [1.165, 1.54) is 6.92 Å². The summed E-state index contributed by atoms with van der Waals surface area (Å²) in [4.78, 5) is 23.9. The molecule has 1 atom stereocenters. The quantitative estimate of drug-likeness (QED) is 0.132. The van der Waals surface area contributed by atoms with Gasteiger partial charge in [-0.25, -0.2) is 9.59 Å². The first-order chi connectivity index (χ1) is 20.0. The molecular weight excluding hydrogens is 524 g/mol. The minimum Gasteiger partial charge on any atom is -0.491 e. The van der Waals surface area contributed by atoms with Gasteiger partial charge in [-0.3, -0.25) is 0 Å². The largest absolute Gasteiger partial charge is 0.491 e. The molecule has 3 aromatic carbocycles. The van der Waals surface area contributed by atoms with Gasteiger partial charge in [-0.1, -0.05) is 49.7 Å². The van der Waals surface area contributed by atoms with Gasteiger partial charge >= 0.3 is 11.9 Å². The SMILES string of the molecule is CCCCOCCOCCOc1ccc(-c2ccc(OCc3ccc(C(=O)OC(C)C(=O)OCC)cc3)cc2)cc1. The van der Waals surface area contributed by atoms with E-state index >= 15 is 0 Å². The molecule has 0 aliphatic rings. The summed E-state index contributed by atoms with van der Waals surface area (Å²) in [5.41, 5.74) is 3.38.